The summed E-state index contributed by atoms with van der Waals surface area (Å²) in [6, 6.07) is 0. The molecule has 0 amide bonds. The Bertz CT molecular complexity index is 70.4. The van der Waals surface area contributed by atoms with Crippen LogP contribution in [0.4, 0.5) is 0 Å². The number of hydrogen-bond acceptors (Lipinski definition) is 3. The minimum absolute atomic E-state index is 0.373. The molecule has 52 valence electrons. The van der Waals surface area contributed by atoms with Gasteiger partial charge in [0.1, 0.15) is 19.5 Å². The molecule has 3 nitrogen and oxygen atoms in total. The van der Waals surface area contributed by atoms with Crippen LogP contribution in [0.15, 0.2) is 25.7 Å². The largest absolute Gasteiger partial charge is 0.499 e. The minimum Gasteiger partial charge on any atom is -0.499 e. The number of ether oxygens (including phenoxy) is 1. The molecule has 0 fully saturated rings. The lowest BCUT2D eigenvalue weighted by molar-refractivity contribution is -0.252. The van der Waals surface area contributed by atoms with E-state index in [4.69, 9.17) is 4.74 Å². The summed E-state index contributed by atoms with van der Waals surface area (Å²) in [4.78, 5) is 8.82. The first-order chi connectivity index (χ1) is 4.41. The van der Waals surface area contributed by atoms with Gasteiger partial charge >= 0.3 is 0 Å². The summed E-state index contributed by atoms with van der Waals surface area (Å²) in [7, 11) is 0. The van der Waals surface area contributed by atoms with Crippen molar-refractivity contribution in [3.63, 3.8) is 0 Å². The third kappa shape index (κ3) is 7.04. The maximum Gasteiger partial charge on any atom is 0.128 e. The Labute approximate surface area is 54.5 Å². The van der Waals surface area contributed by atoms with Gasteiger partial charge in [0, 0.05) is 0 Å². The van der Waals surface area contributed by atoms with Crippen LogP contribution in [0.1, 0.15) is 0 Å². The Morgan fingerprint density at radius 3 is 2.44 bits per heavy atom. The van der Waals surface area contributed by atoms with Gasteiger partial charge in [-0.15, -0.1) is 0 Å². The Balaban J connectivity index is 2.74. The molecule has 0 saturated heterocycles. The van der Waals surface area contributed by atoms with Crippen molar-refractivity contribution in [2.75, 3.05) is 13.2 Å². The van der Waals surface area contributed by atoms with E-state index in [1.54, 1.807) is 0 Å². The van der Waals surface area contributed by atoms with E-state index in [2.05, 4.69) is 22.9 Å². The average molecular weight is 130 g/mol. The van der Waals surface area contributed by atoms with Crippen LogP contribution in [0, 0.1) is 0 Å². The fourth-order valence-electron chi connectivity index (χ4n) is 0.262. The fourth-order valence-corrected chi connectivity index (χ4v) is 0.262. The van der Waals surface area contributed by atoms with Crippen molar-refractivity contribution >= 4 is 0 Å². The van der Waals surface area contributed by atoms with Gasteiger partial charge in [-0.25, -0.2) is 0 Å². The Kier molecular flexibility index (Phi) is 6.29. The third-order valence-electron chi connectivity index (χ3n) is 0.538. The molecule has 0 aliphatic rings. The molecule has 0 aromatic rings. The quantitative estimate of drug-likeness (QED) is 0.234. The van der Waals surface area contributed by atoms with Crippen molar-refractivity contribution in [2.45, 2.75) is 0 Å². The monoisotopic (exact) mass is 130 g/mol. The molecule has 0 N–H and O–H groups in total. The molecule has 0 saturated carbocycles. The van der Waals surface area contributed by atoms with Gasteiger partial charge in [0.05, 0.1) is 6.26 Å². The molecular weight excluding hydrogens is 120 g/mol. The predicted octanol–water partition coefficient (Wildman–Crippen LogP) is 1.24. The van der Waals surface area contributed by atoms with Crippen molar-refractivity contribution in [3.8, 4) is 0 Å². The fraction of sp³-hybridized carbons (Fsp3) is 0.333. The minimum atomic E-state index is 0.373. The third-order valence-corrected chi connectivity index (χ3v) is 0.538. The summed E-state index contributed by atoms with van der Waals surface area (Å²) in [5.74, 6) is 0. The van der Waals surface area contributed by atoms with Gasteiger partial charge in [-0.2, -0.15) is 4.89 Å². The molecule has 0 aromatic heterocycles. The maximum absolute atomic E-state index is 4.70. The first kappa shape index (κ1) is 8.04. The summed E-state index contributed by atoms with van der Waals surface area (Å²) in [6.07, 6.45) is 2.55. The zero-order chi connectivity index (χ0) is 6.95. The van der Waals surface area contributed by atoms with Crippen LogP contribution in [0.2, 0.25) is 0 Å². The van der Waals surface area contributed by atoms with Gasteiger partial charge in [0.2, 0.25) is 0 Å². The van der Waals surface area contributed by atoms with E-state index >= 15 is 0 Å². The number of hydrogen-bond donors (Lipinski definition) is 0. The van der Waals surface area contributed by atoms with E-state index in [0.717, 1.165) is 0 Å². The van der Waals surface area contributed by atoms with Gasteiger partial charge in [-0.1, -0.05) is 13.2 Å². The molecule has 0 aliphatic heterocycles. The highest BCUT2D eigenvalue weighted by atomic mass is 17.2. The summed E-state index contributed by atoms with van der Waals surface area (Å²) < 4.78 is 4.70. The van der Waals surface area contributed by atoms with Crippen LogP contribution < -0.4 is 0 Å². The second-order valence-electron chi connectivity index (χ2n) is 1.12. The Hall–Kier alpha value is -0.960. The molecule has 0 heterocycles. The van der Waals surface area contributed by atoms with Crippen LogP contribution in [0.25, 0.3) is 0 Å². The summed E-state index contributed by atoms with van der Waals surface area (Å²) >= 11 is 0. The van der Waals surface area contributed by atoms with Gasteiger partial charge in [0.15, 0.2) is 0 Å². The second-order valence-corrected chi connectivity index (χ2v) is 1.12. The molecule has 0 atom stereocenters. The van der Waals surface area contributed by atoms with Gasteiger partial charge in [-0.3, -0.25) is 0 Å². The van der Waals surface area contributed by atoms with Crippen molar-refractivity contribution in [1.29, 1.82) is 0 Å². The predicted molar refractivity (Wildman–Crippen MR) is 33.4 cm³/mol. The van der Waals surface area contributed by atoms with E-state index in [1.807, 2.05) is 0 Å². The lowest BCUT2D eigenvalue weighted by Crippen LogP contribution is -1.98. The summed E-state index contributed by atoms with van der Waals surface area (Å²) in [5, 5.41) is 0. The first-order valence-corrected chi connectivity index (χ1v) is 2.53. The molecule has 9 heavy (non-hydrogen) atoms. The first-order valence-electron chi connectivity index (χ1n) is 2.53. The van der Waals surface area contributed by atoms with E-state index in [-0.39, 0.29) is 0 Å². The average Bonchev–Trinajstić information content (AvgIpc) is 1.89. The zero-order valence-electron chi connectivity index (χ0n) is 5.21. The topological polar surface area (TPSA) is 27.7 Å². The summed E-state index contributed by atoms with van der Waals surface area (Å²) in [6.45, 7) is 7.42. The van der Waals surface area contributed by atoms with E-state index in [9.17, 15) is 0 Å². The molecular formula is C6H10O3. The molecule has 0 spiro atoms. The van der Waals surface area contributed by atoms with Crippen LogP contribution in [0.3, 0.4) is 0 Å². The van der Waals surface area contributed by atoms with Crippen molar-refractivity contribution in [2.24, 2.45) is 0 Å². The van der Waals surface area contributed by atoms with E-state index < -0.39 is 0 Å². The van der Waals surface area contributed by atoms with E-state index in [0.29, 0.717) is 13.2 Å². The molecule has 0 bridgehead atoms. The van der Waals surface area contributed by atoms with Crippen LogP contribution in [0.5, 0.6) is 0 Å². The number of rotatable bonds is 6. The lowest BCUT2D eigenvalue weighted by Gasteiger charge is -1.98. The van der Waals surface area contributed by atoms with Gasteiger partial charge < -0.3 is 9.62 Å². The Morgan fingerprint density at radius 2 is 1.89 bits per heavy atom. The van der Waals surface area contributed by atoms with Crippen molar-refractivity contribution in [1.82, 2.24) is 0 Å². The van der Waals surface area contributed by atoms with Crippen LogP contribution in [-0.2, 0) is 14.5 Å². The molecule has 0 unspecified atom stereocenters. The highest BCUT2D eigenvalue weighted by Gasteiger charge is 1.82. The zero-order valence-corrected chi connectivity index (χ0v) is 5.21. The van der Waals surface area contributed by atoms with Gasteiger partial charge in [-0.05, 0) is 0 Å². The van der Waals surface area contributed by atoms with E-state index in [1.165, 1.54) is 12.5 Å². The second kappa shape index (κ2) is 7.04. The normalized spacial score (nSPS) is 8.00. The maximum atomic E-state index is 4.70. The highest BCUT2D eigenvalue weighted by Crippen LogP contribution is 1.79. The Morgan fingerprint density at radius 1 is 1.11 bits per heavy atom. The smallest absolute Gasteiger partial charge is 0.128 e. The molecule has 0 aromatic carbocycles. The highest BCUT2D eigenvalue weighted by molar-refractivity contribution is 4.47. The molecule has 0 rings (SSSR count). The molecule has 0 aliphatic carbocycles. The SMILES string of the molecule is C=COCCOOC=C. The van der Waals surface area contributed by atoms with Crippen molar-refractivity contribution in [3.05, 3.63) is 25.7 Å². The molecule has 0 radical (unpaired) electrons. The lowest BCUT2D eigenvalue weighted by atomic mass is 10.8. The van der Waals surface area contributed by atoms with Crippen LogP contribution in [-0.4, -0.2) is 13.2 Å². The van der Waals surface area contributed by atoms with Crippen molar-refractivity contribution < 1.29 is 14.5 Å². The van der Waals surface area contributed by atoms with Crippen LogP contribution >= 0.6 is 0 Å². The van der Waals surface area contributed by atoms with Gasteiger partial charge in [0.25, 0.3) is 0 Å². The summed E-state index contributed by atoms with van der Waals surface area (Å²) in [5.41, 5.74) is 0. The standard InChI is InChI=1S/C6H10O3/c1-3-7-5-6-9-8-4-2/h3-4H,1-2,5-6H2. The molecule has 3 heteroatoms.